The molecule has 11 heavy (non-hydrogen) atoms. The number of nitrogens with one attached hydrogen (secondary N) is 1. The van der Waals surface area contributed by atoms with Gasteiger partial charge in [0, 0.05) is 12.2 Å². The minimum absolute atomic E-state index is 1.06. The Morgan fingerprint density at radius 2 is 2.18 bits per heavy atom. The van der Waals surface area contributed by atoms with Crippen LogP contribution >= 0.6 is 0 Å². The third-order valence-corrected chi connectivity index (χ3v) is 2.01. The highest BCUT2D eigenvalue weighted by Crippen LogP contribution is 2.10. The van der Waals surface area contributed by atoms with E-state index in [9.17, 15) is 0 Å². The molecule has 0 aromatic carbocycles. The van der Waals surface area contributed by atoms with Crippen molar-refractivity contribution in [2.24, 2.45) is 0 Å². The van der Waals surface area contributed by atoms with E-state index in [0.29, 0.717) is 0 Å². The molecule has 0 aromatic heterocycles. The van der Waals surface area contributed by atoms with Gasteiger partial charge in [-0.25, -0.2) is 0 Å². The molecule has 0 saturated carbocycles. The second kappa shape index (κ2) is 4.22. The molecule has 0 spiro atoms. The summed E-state index contributed by atoms with van der Waals surface area (Å²) in [5.41, 5.74) is 2.90. The summed E-state index contributed by atoms with van der Waals surface area (Å²) >= 11 is 0. The quantitative estimate of drug-likeness (QED) is 0.653. The molecule has 1 nitrogen and oxygen atoms in total. The third-order valence-electron chi connectivity index (χ3n) is 2.01. The fourth-order valence-corrected chi connectivity index (χ4v) is 1.30. The van der Waals surface area contributed by atoms with Crippen molar-refractivity contribution >= 4 is 0 Å². The van der Waals surface area contributed by atoms with Gasteiger partial charge in [-0.05, 0) is 18.9 Å². The molecule has 1 heterocycles. The van der Waals surface area contributed by atoms with E-state index < -0.39 is 0 Å². The lowest BCUT2D eigenvalue weighted by molar-refractivity contribution is 0.759. The van der Waals surface area contributed by atoms with E-state index in [4.69, 9.17) is 0 Å². The summed E-state index contributed by atoms with van der Waals surface area (Å²) in [5, 5.41) is 3.40. The molecule has 1 N–H and O–H groups in total. The first kappa shape index (κ1) is 8.38. The molecule has 0 amide bonds. The van der Waals surface area contributed by atoms with Crippen LogP contribution in [0.3, 0.4) is 0 Å². The number of allylic oxidation sites excluding steroid dienone is 3. The first-order valence-corrected chi connectivity index (χ1v) is 4.49. The highest BCUT2D eigenvalue weighted by Gasteiger charge is 2.01. The summed E-state index contributed by atoms with van der Waals surface area (Å²) in [6, 6.07) is 0. The zero-order valence-corrected chi connectivity index (χ0v) is 7.48. The van der Waals surface area contributed by atoms with Gasteiger partial charge in [-0.1, -0.05) is 31.9 Å². The third kappa shape index (κ3) is 2.41. The summed E-state index contributed by atoms with van der Waals surface area (Å²) in [6.45, 7) is 5.46. The standard InChI is InChI=1S/C10H17N/c1-3-5-9-6-7-10(4-2)11-8-9/h6-7,11H,3-5,8H2,1-2H3. The van der Waals surface area contributed by atoms with Crippen molar-refractivity contribution in [1.29, 1.82) is 0 Å². The first-order valence-electron chi connectivity index (χ1n) is 4.49. The van der Waals surface area contributed by atoms with E-state index >= 15 is 0 Å². The highest BCUT2D eigenvalue weighted by atomic mass is 14.9. The van der Waals surface area contributed by atoms with Crippen LogP contribution in [0, 0.1) is 0 Å². The SMILES string of the molecule is CCCC1=CC=C(CC)NC1. The zero-order chi connectivity index (χ0) is 8.10. The maximum absolute atomic E-state index is 3.40. The van der Waals surface area contributed by atoms with Gasteiger partial charge in [-0.2, -0.15) is 0 Å². The summed E-state index contributed by atoms with van der Waals surface area (Å²) < 4.78 is 0. The van der Waals surface area contributed by atoms with Gasteiger partial charge in [0.2, 0.25) is 0 Å². The van der Waals surface area contributed by atoms with Gasteiger partial charge >= 0.3 is 0 Å². The Bertz CT molecular complexity index is 177. The van der Waals surface area contributed by atoms with Crippen molar-refractivity contribution in [1.82, 2.24) is 5.32 Å². The largest absolute Gasteiger partial charge is 0.385 e. The van der Waals surface area contributed by atoms with Crippen LogP contribution in [0.25, 0.3) is 0 Å². The molecule has 1 aliphatic rings. The van der Waals surface area contributed by atoms with E-state index in [1.165, 1.54) is 24.1 Å². The molecule has 0 fully saturated rings. The first-order chi connectivity index (χ1) is 5.36. The summed E-state index contributed by atoms with van der Waals surface area (Å²) in [7, 11) is 0. The molecule has 1 rings (SSSR count). The van der Waals surface area contributed by atoms with Gasteiger partial charge in [-0.15, -0.1) is 0 Å². The van der Waals surface area contributed by atoms with Gasteiger partial charge in [0.05, 0.1) is 0 Å². The fourth-order valence-electron chi connectivity index (χ4n) is 1.30. The lowest BCUT2D eigenvalue weighted by Gasteiger charge is -2.15. The van der Waals surface area contributed by atoms with E-state index in [1.54, 1.807) is 0 Å². The van der Waals surface area contributed by atoms with Crippen LogP contribution in [0.5, 0.6) is 0 Å². The molecule has 0 radical (unpaired) electrons. The zero-order valence-electron chi connectivity index (χ0n) is 7.48. The second-order valence-corrected chi connectivity index (χ2v) is 2.97. The van der Waals surface area contributed by atoms with Crippen molar-refractivity contribution < 1.29 is 0 Å². The summed E-state index contributed by atoms with van der Waals surface area (Å²) in [4.78, 5) is 0. The molecule has 0 bridgehead atoms. The second-order valence-electron chi connectivity index (χ2n) is 2.97. The van der Waals surface area contributed by atoms with Crippen molar-refractivity contribution in [2.45, 2.75) is 33.1 Å². The highest BCUT2D eigenvalue weighted by molar-refractivity contribution is 5.23. The average Bonchev–Trinajstić information content (AvgIpc) is 2.07. The molecular weight excluding hydrogens is 134 g/mol. The molecular formula is C10H17N. The number of dihydropyridines is 1. The lowest BCUT2D eigenvalue weighted by Crippen LogP contribution is -2.18. The Kier molecular flexibility index (Phi) is 3.21. The minimum Gasteiger partial charge on any atom is -0.385 e. The summed E-state index contributed by atoms with van der Waals surface area (Å²) in [5.74, 6) is 0. The Balaban J connectivity index is 2.47. The van der Waals surface area contributed by atoms with Crippen molar-refractivity contribution in [3.05, 3.63) is 23.4 Å². The van der Waals surface area contributed by atoms with Crippen molar-refractivity contribution in [2.75, 3.05) is 6.54 Å². The predicted octanol–water partition coefficient (Wildman–Crippen LogP) is 2.61. The minimum atomic E-state index is 1.06. The van der Waals surface area contributed by atoms with Crippen molar-refractivity contribution in [3.63, 3.8) is 0 Å². The topological polar surface area (TPSA) is 12.0 Å². The number of hydrogen-bond acceptors (Lipinski definition) is 1. The Labute approximate surface area is 69.2 Å². The van der Waals surface area contributed by atoms with Gasteiger partial charge in [0.15, 0.2) is 0 Å². The van der Waals surface area contributed by atoms with E-state index in [2.05, 4.69) is 31.3 Å². The molecule has 0 aromatic rings. The van der Waals surface area contributed by atoms with Crippen molar-refractivity contribution in [3.8, 4) is 0 Å². The van der Waals surface area contributed by atoms with E-state index in [0.717, 1.165) is 13.0 Å². The Morgan fingerprint density at radius 1 is 1.36 bits per heavy atom. The molecule has 0 unspecified atom stereocenters. The van der Waals surface area contributed by atoms with Gasteiger partial charge in [-0.3, -0.25) is 0 Å². The molecule has 1 heteroatoms. The van der Waals surface area contributed by atoms with Crippen LogP contribution in [0.1, 0.15) is 33.1 Å². The number of hydrogen-bond donors (Lipinski definition) is 1. The van der Waals surface area contributed by atoms with E-state index in [1.807, 2.05) is 0 Å². The monoisotopic (exact) mass is 151 g/mol. The predicted molar refractivity (Wildman–Crippen MR) is 49.4 cm³/mol. The molecule has 0 aliphatic carbocycles. The smallest absolute Gasteiger partial charge is 0.0360 e. The van der Waals surface area contributed by atoms with Crippen LogP contribution in [0.15, 0.2) is 23.4 Å². The Morgan fingerprint density at radius 3 is 2.64 bits per heavy atom. The maximum atomic E-state index is 3.40. The van der Waals surface area contributed by atoms with Crippen LogP contribution in [0.2, 0.25) is 0 Å². The molecule has 62 valence electrons. The molecule has 0 atom stereocenters. The normalized spacial score (nSPS) is 16.9. The van der Waals surface area contributed by atoms with Crippen LogP contribution in [0.4, 0.5) is 0 Å². The lowest BCUT2D eigenvalue weighted by atomic mass is 10.1. The molecule has 0 saturated heterocycles. The fraction of sp³-hybridized carbons (Fsp3) is 0.600. The van der Waals surface area contributed by atoms with Crippen LogP contribution in [-0.2, 0) is 0 Å². The van der Waals surface area contributed by atoms with Gasteiger partial charge in [0.1, 0.15) is 0 Å². The number of rotatable bonds is 3. The molecule has 1 aliphatic heterocycles. The van der Waals surface area contributed by atoms with Crippen LogP contribution in [-0.4, -0.2) is 6.54 Å². The Hall–Kier alpha value is -0.720. The van der Waals surface area contributed by atoms with E-state index in [-0.39, 0.29) is 0 Å². The maximum Gasteiger partial charge on any atom is 0.0360 e. The summed E-state index contributed by atoms with van der Waals surface area (Å²) in [6.07, 6.45) is 8.08. The van der Waals surface area contributed by atoms with Crippen LogP contribution < -0.4 is 5.32 Å². The van der Waals surface area contributed by atoms with Gasteiger partial charge in [0.25, 0.3) is 0 Å². The average molecular weight is 151 g/mol. The van der Waals surface area contributed by atoms with Gasteiger partial charge < -0.3 is 5.32 Å².